The zero-order valence-corrected chi connectivity index (χ0v) is 16.3. The zero-order chi connectivity index (χ0) is 19.5. The van der Waals surface area contributed by atoms with Gasteiger partial charge >= 0.3 is 0 Å². The average Bonchev–Trinajstić information content (AvgIpc) is 3.39. The molecular formula is C19H16N2O5S2. The second-order valence-electron chi connectivity index (χ2n) is 6.05. The van der Waals surface area contributed by atoms with Gasteiger partial charge in [0.25, 0.3) is 11.1 Å². The number of carbonyl (C=O) groups excluding carboxylic acids is 3. The number of carbonyl (C=O) groups is 3. The van der Waals surface area contributed by atoms with Crippen LogP contribution in [0.5, 0.6) is 11.5 Å². The molecule has 4 rings (SSSR count). The van der Waals surface area contributed by atoms with Crippen LogP contribution in [0.4, 0.5) is 4.79 Å². The van der Waals surface area contributed by atoms with Crippen molar-refractivity contribution < 1.29 is 23.9 Å². The Kier molecular flexibility index (Phi) is 5.36. The Morgan fingerprint density at radius 1 is 1.21 bits per heavy atom. The number of fused-ring (bicyclic) bond motifs is 1. The molecule has 0 aliphatic carbocycles. The van der Waals surface area contributed by atoms with Crippen LogP contribution in [0.15, 0.2) is 40.6 Å². The number of nitrogens with zero attached hydrogens (tertiary/aromatic N) is 1. The zero-order valence-electron chi connectivity index (χ0n) is 14.7. The summed E-state index contributed by atoms with van der Waals surface area (Å²) in [5.74, 6) is 0.774. The molecule has 0 radical (unpaired) electrons. The van der Waals surface area contributed by atoms with E-state index in [-0.39, 0.29) is 36.9 Å². The van der Waals surface area contributed by atoms with Gasteiger partial charge in [-0.05, 0) is 47.0 Å². The van der Waals surface area contributed by atoms with Gasteiger partial charge in [0.2, 0.25) is 12.7 Å². The molecular weight excluding hydrogens is 400 g/mol. The summed E-state index contributed by atoms with van der Waals surface area (Å²) in [6, 6.07) is 9.11. The van der Waals surface area contributed by atoms with Gasteiger partial charge in [0.1, 0.15) is 0 Å². The quantitative estimate of drug-likeness (QED) is 0.729. The fraction of sp³-hybridized carbons (Fsp3) is 0.211. The highest BCUT2D eigenvalue weighted by Gasteiger charge is 2.34. The Labute approximate surface area is 169 Å². The van der Waals surface area contributed by atoms with E-state index in [0.717, 1.165) is 27.1 Å². The van der Waals surface area contributed by atoms with E-state index in [0.29, 0.717) is 22.8 Å². The predicted molar refractivity (Wildman–Crippen MR) is 106 cm³/mol. The molecule has 9 heteroatoms. The first kappa shape index (κ1) is 18.6. The number of amides is 3. The summed E-state index contributed by atoms with van der Waals surface area (Å²) in [6.07, 6.45) is 1.95. The molecule has 0 saturated carbocycles. The molecule has 0 spiro atoms. The average molecular weight is 416 g/mol. The number of benzene rings is 1. The van der Waals surface area contributed by atoms with E-state index in [2.05, 4.69) is 5.32 Å². The van der Waals surface area contributed by atoms with Crippen LogP contribution in [0.25, 0.3) is 6.08 Å². The summed E-state index contributed by atoms with van der Waals surface area (Å²) >= 11 is 2.40. The Hall–Kier alpha value is -2.78. The molecule has 1 fully saturated rings. The molecule has 7 nitrogen and oxygen atoms in total. The molecule has 1 aromatic carbocycles. The Morgan fingerprint density at radius 3 is 2.89 bits per heavy atom. The summed E-state index contributed by atoms with van der Waals surface area (Å²) in [6.45, 7) is 0.534. The first-order valence-corrected chi connectivity index (χ1v) is 10.2. The van der Waals surface area contributed by atoms with Gasteiger partial charge in [0, 0.05) is 18.0 Å². The molecule has 0 unspecified atom stereocenters. The van der Waals surface area contributed by atoms with Crippen LogP contribution in [0.1, 0.15) is 10.4 Å². The van der Waals surface area contributed by atoms with E-state index < -0.39 is 0 Å². The van der Waals surface area contributed by atoms with Crippen molar-refractivity contribution in [3.63, 3.8) is 0 Å². The SMILES string of the molecule is O=C(Cc1cccs1)NCCN1C(=O)S/C(=C\c2ccc3c(c2)OCO3)C1=O. The van der Waals surface area contributed by atoms with Gasteiger partial charge in [-0.25, -0.2) is 0 Å². The molecule has 1 N–H and O–H groups in total. The maximum absolute atomic E-state index is 12.5. The van der Waals surface area contributed by atoms with Gasteiger partial charge in [-0.15, -0.1) is 11.3 Å². The van der Waals surface area contributed by atoms with Crippen molar-refractivity contribution in [1.29, 1.82) is 0 Å². The van der Waals surface area contributed by atoms with Crippen molar-refractivity contribution in [1.82, 2.24) is 10.2 Å². The molecule has 1 saturated heterocycles. The van der Waals surface area contributed by atoms with Gasteiger partial charge in [0.05, 0.1) is 11.3 Å². The fourth-order valence-electron chi connectivity index (χ4n) is 2.79. The molecule has 1 aromatic heterocycles. The highest BCUT2D eigenvalue weighted by atomic mass is 32.2. The summed E-state index contributed by atoms with van der Waals surface area (Å²) < 4.78 is 10.6. The van der Waals surface area contributed by atoms with Crippen LogP contribution in [-0.4, -0.2) is 41.8 Å². The Balaban J connectivity index is 1.34. The number of imide groups is 1. The number of hydrogen-bond donors (Lipinski definition) is 1. The summed E-state index contributed by atoms with van der Waals surface area (Å²) in [7, 11) is 0. The van der Waals surface area contributed by atoms with E-state index >= 15 is 0 Å². The number of thioether (sulfide) groups is 1. The van der Waals surface area contributed by atoms with Crippen molar-refractivity contribution >= 4 is 46.2 Å². The van der Waals surface area contributed by atoms with E-state index in [4.69, 9.17) is 9.47 Å². The van der Waals surface area contributed by atoms with Gasteiger partial charge in [-0.2, -0.15) is 0 Å². The fourth-order valence-corrected chi connectivity index (χ4v) is 4.36. The van der Waals surface area contributed by atoms with E-state index in [9.17, 15) is 14.4 Å². The first-order chi connectivity index (χ1) is 13.6. The number of ether oxygens (including phenoxy) is 2. The maximum Gasteiger partial charge on any atom is 0.293 e. The lowest BCUT2D eigenvalue weighted by Crippen LogP contribution is -2.37. The number of thiophene rings is 1. The molecule has 28 heavy (non-hydrogen) atoms. The molecule has 2 aromatic rings. The number of rotatable bonds is 6. The second kappa shape index (κ2) is 8.07. The van der Waals surface area contributed by atoms with Crippen LogP contribution in [0.3, 0.4) is 0 Å². The predicted octanol–water partition coefficient (Wildman–Crippen LogP) is 2.87. The molecule has 0 bridgehead atoms. The third-order valence-corrected chi connectivity index (χ3v) is 5.92. The lowest BCUT2D eigenvalue weighted by atomic mass is 10.2. The lowest BCUT2D eigenvalue weighted by Gasteiger charge is -2.12. The highest BCUT2D eigenvalue weighted by molar-refractivity contribution is 8.18. The first-order valence-electron chi connectivity index (χ1n) is 8.54. The molecule has 3 amide bonds. The maximum atomic E-state index is 12.5. The minimum absolute atomic E-state index is 0.134. The van der Waals surface area contributed by atoms with Gasteiger partial charge < -0.3 is 14.8 Å². The lowest BCUT2D eigenvalue weighted by molar-refractivity contribution is -0.124. The van der Waals surface area contributed by atoms with Crippen molar-refractivity contribution in [2.75, 3.05) is 19.9 Å². The van der Waals surface area contributed by atoms with Gasteiger partial charge in [0.15, 0.2) is 11.5 Å². The molecule has 144 valence electrons. The topological polar surface area (TPSA) is 84.9 Å². The van der Waals surface area contributed by atoms with Crippen LogP contribution in [0, 0.1) is 0 Å². The van der Waals surface area contributed by atoms with Crippen LogP contribution >= 0.6 is 23.1 Å². The number of hydrogen-bond acceptors (Lipinski definition) is 7. The highest BCUT2D eigenvalue weighted by Crippen LogP contribution is 2.36. The largest absolute Gasteiger partial charge is 0.454 e. The minimum atomic E-state index is -0.361. The van der Waals surface area contributed by atoms with Crippen molar-refractivity contribution in [3.05, 3.63) is 51.1 Å². The molecule has 2 aliphatic rings. The van der Waals surface area contributed by atoms with E-state index in [1.165, 1.54) is 11.3 Å². The van der Waals surface area contributed by atoms with Gasteiger partial charge in [-0.3, -0.25) is 19.3 Å². The molecule has 0 atom stereocenters. The van der Waals surface area contributed by atoms with Crippen LogP contribution < -0.4 is 14.8 Å². The number of nitrogens with one attached hydrogen (secondary N) is 1. The summed E-state index contributed by atoms with van der Waals surface area (Å²) in [4.78, 5) is 39.1. The third kappa shape index (κ3) is 4.05. The Morgan fingerprint density at radius 2 is 2.07 bits per heavy atom. The van der Waals surface area contributed by atoms with Crippen molar-refractivity contribution in [2.24, 2.45) is 0 Å². The standard InChI is InChI=1S/C19H16N2O5S2/c22-17(10-13-2-1-7-27-13)20-5-6-21-18(23)16(28-19(21)24)9-12-3-4-14-15(8-12)26-11-25-14/h1-4,7-9H,5-6,10-11H2,(H,20,22)/b16-9-. The summed E-state index contributed by atoms with van der Waals surface area (Å²) in [5, 5.41) is 4.31. The van der Waals surface area contributed by atoms with Crippen molar-refractivity contribution in [2.45, 2.75) is 6.42 Å². The molecule has 3 heterocycles. The Bertz CT molecular complexity index is 955. The normalized spacial score (nSPS) is 16.9. The van der Waals surface area contributed by atoms with Crippen LogP contribution in [-0.2, 0) is 16.0 Å². The second-order valence-corrected chi connectivity index (χ2v) is 8.08. The van der Waals surface area contributed by atoms with E-state index in [1.54, 1.807) is 24.3 Å². The van der Waals surface area contributed by atoms with E-state index in [1.807, 2.05) is 17.5 Å². The third-order valence-electron chi connectivity index (χ3n) is 4.14. The van der Waals surface area contributed by atoms with Crippen LogP contribution in [0.2, 0.25) is 0 Å². The minimum Gasteiger partial charge on any atom is -0.454 e. The summed E-state index contributed by atoms with van der Waals surface area (Å²) in [5.41, 5.74) is 0.749. The monoisotopic (exact) mass is 416 g/mol. The van der Waals surface area contributed by atoms with Crippen molar-refractivity contribution in [3.8, 4) is 11.5 Å². The molecule has 2 aliphatic heterocycles. The smallest absolute Gasteiger partial charge is 0.293 e. The van der Waals surface area contributed by atoms with Gasteiger partial charge in [-0.1, -0.05) is 12.1 Å².